The van der Waals surface area contributed by atoms with Crippen molar-refractivity contribution in [2.24, 2.45) is 0 Å². The van der Waals surface area contributed by atoms with Crippen LogP contribution in [0, 0.1) is 0 Å². The lowest BCUT2D eigenvalue weighted by Crippen LogP contribution is -2.39. The normalized spacial score (nSPS) is 12.7. The molecule has 3 heteroatoms. The van der Waals surface area contributed by atoms with Crippen LogP contribution in [0.25, 0.3) is 0 Å². The van der Waals surface area contributed by atoms with Gasteiger partial charge in [-0.3, -0.25) is 0 Å². The van der Waals surface area contributed by atoms with Crippen molar-refractivity contribution < 1.29 is 0 Å². The molecule has 0 rings (SSSR count). The van der Waals surface area contributed by atoms with Crippen molar-refractivity contribution in [3.05, 3.63) is 0 Å². The van der Waals surface area contributed by atoms with E-state index in [0.29, 0.717) is 6.04 Å². The molecule has 0 saturated heterocycles. The van der Waals surface area contributed by atoms with Crippen LogP contribution in [0.15, 0.2) is 0 Å². The minimum absolute atomic E-state index is 0.0945. The Hall–Kier alpha value is 0.660. The van der Waals surface area contributed by atoms with Gasteiger partial charge >= 0.3 is 0 Å². The predicted octanol–water partition coefficient (Wildman–Crippen LogP) is 2.30. The van der Waals surface area contributed by atoms with Crippen molar-refractivity contribution in [3.8, 4) is 0 Å². The highest BCUT2D eigenvalue weighted by molar-refractivity contribution is 8.69. The molecule has 0 aromatic rings. The minimum atomic E-state index is 0.0945. The van der Waals surface area contributed by atoms with E-state index in [1.807, 2.05) is 0 Å². The molecule has 0 atom stereocenters. The largest absolute Gasteiger partial charge is 0.300 e. The first kappa shape index (κ1) is 9.66. The van der Waals surface area contributed by atoms with Gasteiger partial charge in [0, 0.05) is 6.04 Å². The maximum absolute atomic E-state index is 4.13. The van der Waals surface area contributed by atoms with E-state index >= 15 is 0 Å². The van der Waals surface area contributed by atoms with Gasteiger partial charge in [-0.25, -0.2) is 0 Å². The molecule has 0 bridgehead atoms. The van der Waals surface area contributed by atoms with Crippen molar-refractivity contribution in [3.63, 3.8) is 0 Å². The maximum Gasteiger partial charge on any atom is 0.0690 e. The van der Waals surface area contributed by atoms with Crippen LogP contribution < -0.4 is 5.32 Å². The van der Waals surface area contributed by atoms with E-state index in [4.69, 9.17) is 0 Å². The van der Waals surface area contributed by atoms with Crippen LogP contribution in [0.2, 0.25) is 0 Å². The predicted molar refractivity (Wildman–Crippen MR) is 48.9 cm³/mol. The molecule has 0 heterocycles. The number of hydrogen-bond donors (Lipinski definition) is 2. The zero-order valence-corrected chi connectivity index (χ0v) is 8.14. The Morgan fingerprint density at radius 2 is 1.89 bits per heavy atom. The molecule has 0 unspecified atom stereocenters. The Balaban J connectivity index is 3.58. The van der Waals surface area contributed by atoms with Crippen molar-refractivity contribution >= 4 is 22.5 Å². The lowest BCUT2D eigenvalue weighted by molar-refractivity contribution is 0.484. The summed E-state index contributed by atoms with van der Waals surface area (Å²) in [6, 6.07) is 0.527. The quantitative estimate of drug-likeness (QED) is 0.378. The van der Waals surface area contributed by atoms with Crippen LogP contribution in [0.5, 0.6) is 0 Å². The number of rotatable bonds is 3. The Bertz CT molecular complexity index is 81.1. The molecular formula is C6H15NS2. The van der Waals surface area contributed by atoms with Crippen LogP contribution in [-0.4, -0.2) is 10.9 Å². The molecule has 56 valence electrons. The third kappa shape index (κ3) is 5.12. The smallest absolute Gasteiger partial charge is 0.0690 e. The molecule has 0 amide bonds. The van der Waals surface area contributed by atoms with E-state index in [2.05, 4.69) is 44.7 Å². The molecule has 0 spiro atoms. The van der Waals surface area contributed by atoms with Crippen molar-refractivity contribution in [1.82, 2.24) is 5.32 Å². The van der Waals surface area contributed by atoms with E-state index < -0.39 is 0 Å². The highest BCUT2D eigenvalue weighted by Crippen LogP contribution is 2.24. The van der Waals surface area contributed by atoms with E-state index in [9.17, 15) is 0 Å². The zero-order chi connectivity index (χ0) is 7.49. The minimum Gasteiger partial charge on any atom is -0.300 e. The lowest BCUT2D eigenvalue weighted by Gasteiger charge is -2.25. The fourth-order valence-corrected chi connectivity index (χ4v) is 1.17. The Labute approximate surface area is 66.8 Å². The average molecular weight is 165 g/mol. The summed E-state index contributed by atoms with van der Waals surface area (Å²) in [5, 5.41) is 3.36. The molecule has 1 N–H and O–H groups in total. The van der Waals surface area contributed by atoms with Crippen LogP contribution in [0.4, 0.5) is 0 Å². The zero-order valence-electron chi connectivity index (χ0n) is 6.43. The van der Waals surface area contributed by atoms with E-state index in [-0.39, 0.29) is 4.87 Å². The van der Waals surface area contributed by atoms with Crippen molar-refractivity contribution in [1.29, 1.82) is 0 Å². The molecular weight excluding hydrogens is 150 g/mol. The summed E-state index contributed by atoms with van der Waals surface area (Å²) in [7, 11) is 1.54. The second-order valence-electron chi connectivity index (χ2n) is 2.90. The summed E-state index contributed by atoms with van der Waals surface area (Å²) in [6.45, 7) is 8.49. The van der Waals surface area contributed by atoms with E-state index in [1.165, 1.54) is 10.8 Å². The first-order valence-electron chi connectivity index (χ1n) is 3.08. The van der Waals surface area contributed by atoms with Gasteiger partial charge in [0.05, 0.1) is 4.87 Å². The van der Waals surface area contributed by atoms with Crippen LogP contribution >= 0.6 is 22.5 Å². The van der Waals surface area contributed by atoms with Gasteiger partial charge in [-0.05, 0) is 27.7 Å². The molecule has 9 heavy (non-hydrogen) atoms. The monoisotopic (exact) mass is 165 g/mol. The molecule has 1 nitrogen and oxygen atoms in total. The molecule has 0 aromatic heterocycles. The van der Waals surface area contributed by atoms with E-state index in [1.54, 1.807) is 0 Å². The summed E-state index contributed by atoms with van der Waals surface area (Å²) in [6.07, 6.45) is 0. The Morgan fingerprint density at radius 1 is 1.44 bits per heavy atom. The summed E-state index contributed by atoms with van der Waals surface area (Å²) in [5.74, 6) is 0. The van der Waals surface area contributed by atoms with E-state index in [0.717, 1.165) is 0 Å². The third-order valence-corrected chi connectivity index (χ3v) is 2.81. The molecule has 0 aliphatic carbocycles. The van der Waals surface area contributed by atoms with Gasteiger partial charge in [-0.1, -0.05) is 10.8 Å². The van der Waals surface area contributed by atoms with Crippen molar-refractivity contribution in [2.45, 2.75) is 38.6 Å². The van der Waals surface area contributed by atoms with Crippen LogP contribution in [0.3, 0.4) is 0 Å². The Morgan fingerprint density at radius 3 is 2.00 bits per heavy atom. The average Bonchev–Trinajstić information content (AvgIpc) is 1.63. The third-order valence-electron chi connectivity index (χ3n) is 0.864. The van der Waals surface area contributed by atoms with Gasteiger partial charge < -0.3 is 5.32 Å². The SMILES string of the molecule is CC(C)NC(C)(C)SS. The fraction of sp³-hybridized carbons (Fsp3) is 1.00. The summed E-state index contributed by atoms with van der Waals surface area (Å²) < 4.78 is 0. The number of hydrogen-bond acceptors (Lipinski definition) is 3. The molecule has 0 radical (unpaired) electrons. The molecule has 0 aliphatic rings. The first-order valence-corrected chi connectivity index (χ1v) is 4.95. The highest BCUT2D eigenvalue weighted by atomic mass is 33.1. The summed E-state index contributed by atoms with van der Waals surface area (Å²) >= 11 is 4.13. The van der Waals surface area contributed by atoms with Gasteiger partial charge in [0.15, 0.2) is 0 Å². The van der Waals surface area contributed by atoms with Crippen molar-refractivity contribution in [2.75, 3.05) is 0 Å². The Kier molecular flexibility index (Phi) is 4.01. The molecule has 0 aliphatic heterocycles. The standard InChI is InChI=1S/C6H15NS2/c1-5(2)7-6(3,4)9-8/h5,7-8H,1-4H3. The highest BCUT2D eigenvalue weighted by Gasteiger charge is 2.16. The maximum atomic E-state index is 4.13. The second-order valence-corrected chi connectivity index (χ2v) is 4.65. The summed E-state index contributed by atoms with van der Waals surface area (Å²) in [5.41, 5.74) is 0. The number of nitrogens with one attached hydrogen (secondary N) is 1. The van der Waals surface area contributed by atoms with Gasteiger partial charge in [-0.15, -0.1) is 11.7 Å². The van der Waals surface area contributed by atoms with Gasteiger partial charge in [0.2, 0.25) is 0 Å². The molecule has 0 saturated carbocycles. The van der Waals surface area contributed by atoms with Gasteiger partial charge in [-0.2, -0.15) is 0 Å². The first-order chi connectivity index (χ1) is 3.98. The fourth-order valence-electron chi connectivity index (χ4n) is 0.722. The van der Waals surface area contributed by atoms with Gasteiger partial charge in [0.25, 0.3) is 0 Å². The molecule has 0 aromatic carbocycles. The lowest BCUT2D eigenvalue weighted by atomic mass is 10.3. The topological polar surface area (TPSA) is 12.0 Å². The van der Waals surface area contributed by atoms with Gasteiger partial charge in [0.1, 0.15) is 0 Å². The van der Waals surface area contributed by atoms with Crippen LogP contribution in [0.1, 0.15) is 27.7 Å². The second kappa shape index (κ2) is 3.74. The summed E-state index contributed by atoms with van der Waals surface area (Å²) in [4.78, 5) is 0.0945. The number of thiol groups is 1. The molecule has 0 fully saturated rings. The van der Waals surface area contributed by atoms with Crippen LogP contribution in [-0.2, 0) is 0 Å².